The maximum Gasteiger partial charge on any atom is 0.322 e. The number of hydrogen-bond acceptors (Lipinski definition) is 1. The quantitative estimate of drug-likeness (QED) is 0.843. The minimum absolute atomic E-state index is 0.0806. The molecule has 0 aliphatic carbocycles. The Balaban J connectivity index is 1.75. The largest absolute Gasteiger partial charge is 0.322 e. The Morgan fingerprint density at radius 3 is 2.73 bits per heavy atom. The smallest absolute Gasteiger partial charge is 0.317 e. The molecular formula is C17H16ClFN2O. The Morgan fingerprint density at radius 2 is 2.00 bits per heavy atom. The maximum absolute atomic E-state index is 13.4. The molecule has 0 radical (unpaired) electrons. The predicted octanol–water partition coefficient (Wildman–Crippen LogP) is 4.85. The molecule has 0 saturated carbocycles. The van der Waals surface area contributed by atoms with Crippen LogP contribution in [0.15, 0.2) is 48.5 Å². The highest BCUT2D eigenvalue weighted by Crippen LogP contribution is 2.32. The number of anilines is 1. The Morgan fingerprint density at radius 1 is 1.23 bits per heavy atom. The van der Waals surface area contributed by atoms with Gasteiger partial charge in [0.15, 0.2) is 0 Å². The van der Waals surface area contributed by atoms with Crippen molar-refractivity contribution in [3.05, 3.63) is 64.9 Å². The Bertz CT molecular complexity index is 675. The van der Waals surface area contributed by atoms with E-state index >= 15 is 0 Å². The van der Waals surface area contributed by atoms with E-state index in [2.05, 4.69) is 5.32 Å². The third-order valence-corrected chi connectivity index (χ3v) is 4.09. The second-order valence-electron chi connectivity index (χ2n) is 5.34. The van der Waals surface area contributed by atoms with Gasteiger partial charge in [0.25, 0.3) is 0 Å². The van der Waals surface area contributed by atoms with Crippen molar-refractivity contribution in [2.24, 2.45) is 0 Å². The molecule has 0 aromatic heterocycles. The van der Waals surface area contributed by atoms with Crippen molar-refractivity contribution in [1.82, 2.24) is 4.90 Å². The van der Waals surface area contributed by atoms with E-state index in [1.54, 1.807) is 35.2 Å². The van der Waals surface area contributed by atoms with Gasteiger partial charge in [0.05, 0.1) is 6.04 Å². The molecule has 1 atom stereocenters. The lowest BCUT2D eigenvalue weighted by molar-refractivity contribution is 0.207. The van der Waals surface area contributed by atoms with E-state index in [0.29, 0.717) is 17.3 Å². The van der Waals surface area contributed by atoms with Gasteiger partial charge in [-0.3, -0.25) is 0 Å². The van der Waals surface area contributed by atoms with Crippen LogP contribution in [0.25, 0.3) is 0 Å². The highest BCUT2D eigenvalue weighted by atomic mass is 35.5. The number of carbonyl (C=O) groups is 1. The van der Waals surface area contributed by atoms with E-state index in [-0.39, 0.29) is 17.9 Å². The average Bonchev–Trinajstić information content (AvgIpc) is 2.99. The van der Waals surface area contributed by atoms with Crippen LogP contribution in [0.4, 0.5) is 14.9 Å². The molecule has 114 valence electrons. The zero-order chi connectivity index (χ0) is 15.5. The second kappa shape index (κ2) is 6.36. The van der Waals surface area contributed by atoms with Gasteiger partial charge >= 0.3 is 6.03 Å². The van der Waals surface area contributed by atoms with Crippen molar-refractivity contribution in [2.75, 3.05) is 11.9 Å². The molecule has 3 rings (SSSR count). The van der Waals surface area contributed by atoms with Crippen molar-refractivity contribution in [1.29, 1.82) is 0 Å². The summed E-state index contributed by atoms with van der Waals surface area (Å²) in [7, 11) is 0. The number of nitrogens with zero attached hydrogens (tertiary/aromatic N) is 1. The molecule has 2 aromatic carbocycles. The summed E-state index contributed by atoms with van der Waals surface area (Å²) < 4.78 is 13.4. The zero-order valence-corrected chi connectivity index (χ0v) is 12.7. The number of nitrogens with one attached hydrogen (secondary N) is 1. The van der Waals surface area contributed by atoms with E-state index in [0.717, 1.165) is 18.4 Å². The summed E-state index contributed by atoms with van der Waals surface area (Å²) in [6, 6.07) is 13.2. The fraction of sp³-hybridized carbons (Fsp3) is 0.235. The highest BCUT2D eigenvalue weighted by molar-refractivity contribution is 6.30. The summed E-state index contributed by atoms with van der Waals surface area (Å²) in [5.74, 6) is -0.276. The van der Waals surface area contributed by atoms with Gasteiger partial charge in [-0.15, -0.1) is 0 Å². The van der Waals surface area contributed by atoms with Crippen LogP contribution in [0.2, 0.25) is 5.02 Å². The van der Waals surface area contributed by atoms with Crippen molar-refractivity contribution in [3.63, 3.8) is 0 Å². The van der Waals surface area contributed by atoms with Crippen LogP contribution in [0.5, 0.6) is 0 Å². The van der Waals surface area contributed by atoms with Gasteiger partial charge in [-0.05, 0) is 54.8 Å². The lowest BCUT2D eigenvalue weighted by atomic mass is 10.0. The van der Waals surface area contributed by atoms with E-state index in [4.69, 9.17) is 11.6 Å². The Labute approximate surface area is 133 Å². The number of carbonyl (C=O) groups excluding carboxylic acids is 1. The van der Waals surface area contributed by atoms with Crippen LogP contribution in [-0.4, -0.2) is 17.5 Å². The standard InChI is InChI=1S/C17H16ClFN2O/c18-13-6-8-15(9-7-13)20-17(22)21-10-2-5-16(21)12-3-1-4-14(19)11-12/h1,3-4,6-9,11,16H,2,5,10H2,(H,20,22)/t16-/m0/s1. The molecule has 2 amide bonds. The summed E-state index contributed by atoms with van der Waals surface area (Å²) in [4.78, 5) is 14.2. The Kier molecular flexibility index (Phi) is 4.29. The van der Waals surface area contributed by atoms with Gasteiger partial charge in [0.2, 0.25) is 0 Å². The van der Waals surface area contributed by atoms with Gasteiger partial charge in [0.1, 0.15) is 5.82 Å². The first kappa shape index (κ1) is 14.9. The van der Waals surface area contributed by atoms with Gasteiger partial charge in [-0.25, -0.2) is 9.18 Å². The molecule has 3 nitrogen and oxygen atoms in total. The summed E-state index contributed by atoms with van der Waals surface area (Å²) in [6.45, 7) is 0.667. The lowest BCUT2D eigenvalue weighted by Crippen LogP contribution is -2.34. The molecule has 1 aliphatic rings. The molecule has 0 bridgehead atoms. The number of urea groups is 1. The predicted molar refractivity (Wildman–Crippen MR) is 85.6 cm³/mol. The molecule has 1 N–H and O–H groups in total. The van der Waals surface area contributed by atoms with Crippen molar-refractivity contribution >= 4 is 23.3 Å². The number of hydrogen-bond donors (Lipinski definition) is 1. The topological polar surface area (TPSA) is 32.3 Å². The molecule has 0 spiro atoms. The molecule has 1 saturated heterocycles. The van der Waals surface area contributed by atoms with Crippen LogP contribution >= 0.6 is 11.6 Å². The third kappa shape index (κ3) is 3.22. The zero-order valence-electron chi connectivity index (χ0n) is 11.9. The van der Waals surface area contributed by atoms with Crippen LogP contribution in [0.3, 0.4) is 0 Å². The van der Waals surface area contributed by atoms with Crippen LogP contribution < -0.4 is 5.32 Å². The number of halogens is 2. The monoisotopic (exact) mass is 318 g/mol. The average molecular weight is 319 g/mol. The molecule has 0 unspecified atom stereocenters. The molecular weight excluding hydrogens is 303 g/mol. The van der Waals surface area contributed by atoms with Gasteiger partial charge in [-0.1, -0.05) is 23.7 Å². The minimum atomic E-state index is -0.276. The van der Waals surface area contributed by atoms with E-state index in [1.807, 2.05) is 6.07 Å². The van der Waals surface area contributed by atoms with E-state index < -0.39 is 0 Å². The summed E-state index contributed by atoms with van der Waals surface area (Å²) in [5.41, 5.74) is 1.53. The van der Waals surface area contributed by atoms with E-state index in [1.165, 1.54) is 12.1 Å². The SMILES string of the molecule is O=C(Nc1ccc(Cl)cc1)N1CCC[C@H]1c1cccc(F)c1. The minimum Gasteiger partial charge on any atom is -0.317 e. The van der Waals surface area contributed by atoms with E-state index in [9.17, 15) is 9.18 Å². The van der Waals surface area contributed by atoms with Crippen molar-refractivity contribution < 1.29 is 9.18 Å². The number of rotatable bonds is 2. The molecule has 1 aliphatic heterocycles. The second-order valence-corrected chi connectivity index (χ2v) is 5.78. The number of amides is 2. The first-order valence-electron chi connectivity index (χ1n) is 7.22. The van der Waals surface area contributed by atoms with Crippen LogP contribution in [0, 0.1) is 5.82 Å². The van der Waals surface area contributed by atoms with Gasteiger partial charge in [-0.2, -0.15) is 0 Å². The molecule has 22 heavy (non-hydrogen) atoms. The molecule has 1 heterocycles. The highest BCUT2D eigenvalue weighted by Gasteiger charge is 2.30. The molecule has 5 heteroatoms. The molecule has 1 fully saturated rings. The van der Waals surface area contributed by atoms with Crippen LogP contribution in [0.1, 0.15) is 24.4 Å². The first-order chi connectivity index (χ1) is 10.6. The fourth-order valence-electron chi connectivity index (χ4n) is 2.80. The summed E-state index contributed by atoms with van der Waals surface area (Å²) in [6.07, 6.45) is 1.76. The maximum atomic E-state index is 13.4. The Hall–Kier alpha value is -2.07. The molecule has 2 aromatic rings. The van der Waals surface area contributed by atoms with Crippen LogP contribution in [-0.2, 0) is 0 Å². The van der Waals surface area contributed by atoms with Crippen molar-refractivity contribution in [2.45, 2.75) is 18.9 Å². The van der Waals surface area contributed by atoms with Gasteiger partial charge < -0.3 is 10.2 Å². The lowest BCUT2D eigenvalue weighted by Gasteiger charge is -2.25. The third-order valence-electron chi connectivity index (χ3n) is 3.84. The summed E-state index contributed by atoms with van der Waals surface area (Å²) in [5, 5.41) is 3.48. The first-order valence-corrected chi connectivity index (χ1v) is 7.60. The summed E-state index contributed by atoms with van der Waals surface area (Å²) >= 11 is 5.83. The number of likely N-dealkylation sites (tertiary alicyclic amines) is 1. The number of benzene rings is 2. The fourth-order valence-corrected chi connectivity index (χ4v) is 2.92. The van der Waals surface area contributed by atoms with Gasteiger partial charge in [0, 0.05) is 17.3 Å². The normalized spacial score (nSPS) is 17.5. The van der Waals surface area contributed by atoms with Crippen molar-refractivity contribution in [3.8, 4) is 0 Å².